The van der Waals surface area contributed by atoms with E-state index in [1.807, 2.05) is 0 Å². The number of benzene rings is 1. The van der Waals surface area contributed by atoms with E-state index in [2.05, 4.69) is 5.32 Å². The van der Waals surface area contributed by atoms with Gasteiger partial charge in [-0.1, -0.05) is 12.1 Å². The van der Waals surface area contributed by atoms with Crippen molar-refractivity contribution in [1.29, 1.82) is 0 Å². The van der Waals surface area contributed by atoms with Crippen LogP contribution in [0.1, 0.15) is 17.3 Å². The highest BCUT2D eigenvalue weighted by atomic mass is 16.7. The molecule has 1 saturated heterocycles. The lowest BCUT2D eigenvalue weighted by Gasteiger charge is -2.42. The number of carboxylic acid groups (broad SMARTS) is 1. The van der Waals surface area contributed by atoms with E-state index in [-0.39, 0.29) is 11.3 Å². The van der Waals surface area contributed by atoms with Gasteiger partial charge in [0.25, 0.3) is 0 Å². The first-order valence-corrected chi connectivity index (χ1v) is 7.23. The number of nitrogens with one attached hydrogen (secondary N) is 1. The van der Waals surface area contributed by atoms with Crippen LogP contribution in [-0.4, -0.2) is 69.6 Å². The first kappa shape index (κ1) is 18.1. The summed E-state index contributed by atoms with van der Waals surface area (Å²) in [4.78, 5) is 22.6. The average Bonchev–Trinajstić information content (AvgIpc) is 2.54. The highest BCUT2D eigenvalue weighted by Gasteiger charge is 2.46. The van der Waals surface area contributed by atoms with Crippen LogP contribution in [0.3, 0.4) is 0 Å². The molecule has 1 amide bonds. The van der Waals surface area contributed by atoms with Crippen molar-refractivity contribution in [2.75, 3.05) is 6.61 Å². The summed E-state index contributed by atoms with van der Waals surface area (Å²) in [5.41, 5.74) is -0.135. The highest BCUT2D eigenvalue weighted by Crippen LogP contribution is 2.26. The molecule has 1 fully saturated rings. The van der Waals surface area contributed by atoms with Gasteiger partial charge in [-0.25, -0.2) is 4.79 Å². The van der Waals surface area contributed by atoms with E-state index in [0.717, 1.165) is 0 Å². The molecule has 0 radical (unpaired) electrons. The molecule has 9 heteroatoms. The normalized spacial score (nSPS) is 29.8. The van der Waals surface area contributed by atoms with E-state index in [1.165, 1.54) is 25.1 Å². The molecule has 0 saturated carbocycles. The summed E-state index contributed by atoms with van der Waals surface area (Å²) in [5.74, 6) is -1.76. The number of rotatable bonds is 5. The third-order valence-electron chi connectivity index (χ3n) is 3.61. The van der Waals surface area contributed by atoms with Crippen molar-refractivity contribution < 1.29 is 39.5 Å². The second-order valence-electron chi connectivity index (χ2n) is 5.35. The van der Waals surface area contributed by atoms with Crippen LogP contribution in [0.5, 0.6) is 5.75 Å². The Hall–Kier alpha value is -2.20. The molecule has 0 spiro atoms. The summed E-state index contributed by atoms with van der Waals surface area (Å²) in [7, 11) is 0. The average molecular weight is 341 g/mol. The fraction of sp³-hybridized carbons (Fsp3) is 0.467. The van der Waals surface area contributed by atoms with Crippen molar-refractivity contribution in [1.82, 2.24) is 5.32 Å². The molecule has 5 atom stereocenters. The number of carboxylic acids is 1. The number of amides is 1. The van der Waals surface area contributed by atoms with E-state index in [9.17, 15) is 30.0 Å². The molecule has 1 aromatic carbocycles. The monoisotopic (exact) mass is 341 g/mol. The maximum absolute atomic E-state index is 11.3. The van der Waals surface area contributed by atoms with E-state index in [0.29, 0.717) is 0 Å². The number of carbonyl (C=O) groups is 2. The lowest BCUT2D eigenvalue weighted by atomic mass is 9.97. The first-order valence-electron chi connectivity index (χ1n) is 7.23. The van der Waals surface area contributed by atoms with Crippen molar-refractivity contribution in [2.24, 2.45) is 0 Å². The van der Waals surface area contributed by atoms with Crippen LogP contribution in [-0.2, 0) is 9.53 Å². The van der Waals surface area contributed by atoms with Gasteiger partial charge >= 0.3 is 5.97 Å². The Morgan fingerprint density at radius 1 is 1.25 bits per heavy atom. The third-order valence-corrected chi connectivity index (χ3v) is 3.61. The quantitative estimate of drug-likeness (QED) is 0.445. The SMILES string of the molecule is CC(=O)N[C@@H]1[C@H](Oc2ccccc2C(=O)O)O[C@H](CO)[C@H](O)[C@@H]1O. The van der Waals surface area contributed by atoms with Gasteiger partial charge in [0.05, 0.1) is 6.61 Å². The number of aromatic carboxylic acids is 1. The number of carbonyl (C=O) groups excluding carboxylic acids is 1. The van der Waals surface area contributed by atoms with Gasteiger partial charge in [-0.2, -0.15) is 0 Å². The van der Waals surface area contributed by atoms with Crippen LogP contribution in [0.2, 0.25) is 0 Å². The molecule has 0 bridgehead atoms. The zero-order valence-electron chi connectivity index (χ0n) is 12.8. The van der Waals surface area contributed by atoms with Gasteiger partial charge in [-0.05, 0) is 12.1 Å². The summed E-state index contributed by atoms with van der Waals surface area (Å²) >= 11 is 0. The van der Waals surface area contributed by atoms with Crippen molar-refractivity contribution in [3.8, 4) is 5.75 Å². The zero-order chi connectivity index (χ0) is 17.9. The van der Waals surface area contributed by atoms with Crippen molar-refractivity contribution in [2.45, 2.75) is 37.6 Å². The largest absolute Gasteiger partial charge is 0.478 e. The molecule has 1 aliphatic rings. The topological polar surface area (TPSA) is 146 Å². The molecule has 24 heavy (non-hydrogen) atoms. The summed E-state index contributed by atoms with van der Waals surface area (Å²) in [5, 5.41) is 40.9. The fourth-order valence-electron chi connectivity index (χ4n) is 2.44. The number of aliphatic hydroxyl groups excluding tert-OH is 3. The Labute approximate surface area is 137 Å². The summed E-state index contributed by atoms with van der Waals surface area (Å²) < 4.78 is 10.9. The third kappa shape index (κ3) is 3.82. The van der Waals surface area contributed by atoms with Gasteiger partial charge in [-0.15, -0.1) is 0 Å². The summed E-state index contributed by atoms with van der Waals surface area (Å²) in [6.07, 6.45) is -5.36. The molecule has 2 rings (SSSR count). The Morgan fingerprint density at radius 2 is 1.92 bits per heavy atom. The Balaban J connectivity index is 2.30. The van der Waals surface area contributed by atoms with Crippen LogP contribution < -0.4 is 10.1 Å². The molecule has 132 valence electrons. The van der Waals surface area contributed by atoms with Gasteiger partial charge in [-0.3, -0.25) is 4.79 Å². The number of hydrogen-bond acceptors (Lipinski definition) is 7. The van der Waals surface area contributed by atoms with Crippen LogP contribution in [0.4, 0.5) is 0 Å². The lowest BCUT2D eigenvalue weighted by Crippen LogP contribution is -2.65. The zero-order valence-corrected chi connectivity index (χ0v) is 12.8. The fourth-order valence-corrected chi connectivity index (χ4v) is 2.44. The summed E-state index contributed by atoms with van der Waals surface area (Å²) in [6, 6.07) is 4.62. The highest BCUT2D eigenvalue weighted by molar-refractivity contribution is 5.90. The van der Waals surface area contributed by atoms with Gasteiger partial charge in [0, 0.05) is 6.92 Å². The predicted molar refractivity (Wildman–Crippen MR) is 79.4 cm³/mol. The minimum Gasteiger partial charge on any atom is -0.478 e. The lowest BCUT2D eigenvalue weighted by molar-refractivity contribution is -0.244. The molecular formula is C15H19NO8. The summed E-state index contributed by atoms with van der Waals surface area (Å²) in [6.45, 7) is 0.616. The number of aliphatic hydroxyl groups is 3. The van der Waals surface area contributed by atoms with Gasteiger partial charge in [0.15, 0.2) is 0 Å². The molecule has 1 aromatic rings. The van der Waals surface area contributed by atoms with E-state index in [4.69, 9.17) is 9.47 Å². The number of ether oxygens (including phenoxy) is 2. The molecule has 9 nitrogen and oxygen atoms in total. The van der Waals surface area contributed by atoms with E-state index >= 15 is 0 Å². The van der Waals surface area contributed by atoms with E-state index < -0.39 is 49.1 Å². The minimum absolute atomic E-state index is 0.0365. The molecule has 1 aliphatic heterocycles. The first-order chi connectivity index (χ1) is 11.3. The molecule has 0 aromatic heterocycles. The maximum atomic E-state index is 11.3. The van der Waals surface area contributed by atoms with Crippen LogP contribution in [0.25, 0.3) is 0 Å². The standard InChI is InChI=1S/C15H19NO8/c1-7(18)16-11-13(20)12(19)10(6-17)24-15(11)23-9-5-3-2-4-8(9)14(21)22/h2-5,10-13,15,17,19-20H,6H2,1H3,(H,16,18)(H,21,22)/t10-,11+,12+,13-,15-/m1/s1. The Morgan fingerprint density at radius 3 is 2.50 bits per heavy atom. The molecule has 1 heterocycles. The van der Waals surface area contributed by atoms with Crippen molar-refractivity contribution in [3.05, 3.63) is 29.8 Å². The van der Waals surface area contributed by atoms with Crippen molar-refractivity contribution in [3.63, 3.8) is 0 Å². The van der Waals surface area contributed by atoms with Crippen molar-refractivity contribution >= 4 is 11.9 Å². The molecular weight excluding hydrogens is 322 g/mol. The minimum atomic E-state index is -1.47. The van der Waals surface area contributed by atoms with Gasteiger partial charge in [0.1, 0.15) is 35.7 Å². The second kappa shape index (κ2) is 7.58. The van der Waals surface area contributed by atoms with Crippen LogP contribution >= 0.6 is 0 Å². The predicted octanol–water partition coefficient (Wildman–Crippen LogP) is -1.29. The molecule has 0 unspecified atom stereocenters. The molecule has 5 N–H and O–H groups in total. The van der Waals surface area contributed by atoms with Gasteiger partial charge in [0.2, 0.25) is 12.2 Å². The van der Waals surface area contributed by atoms with Gasteiger partial charge < -0.3 is 35.2 Å². The number of hydrogen-bond donors (Lipinski definition) is 5. The maximum Gasteiger partial charge on any atom is 0.339 e. The second-order valence-corrected chi connectivity index (χ2v) is 5.35. The van der Waals surface area contributed by atoms with E-state index in [1.54, 1.807) is 6.07 Å². The Bertz CT molecular complexity index is 607. The Kier molecular flexibility index (Phi) is 5.73. The number of para-hydroxylation sites is 1. The smallest absolute Gasteiger partial charge is 0.339 e. The van der Waals surface area contributed by atoms with Crippen LogP contribution in [0, 0.1) is 0 Å². The van der Waals surface area contributed by atoms with Crippen LogP contribution in [0.15, 0.2) is 24.3 Å². The molecule has 0 aliphatic carbocycles.